The molecule has 0 spiro atoms. The maximum absolute atomic E-state index is 12.5. The van der Waals surface area contributed by atoms with Gasteiger partial charge in [0.15, 0.2) is 5.78 Å². The number of carbonyl (C=O) groups is 1. The maximum Gasteiger partial charge on any atom is 0.573 e. The van der Waals surface area contributed by atoms with Crippen molar-refractivity contribution >= 4 is 5.78 Å². The van der Waals surface area contributed by atoms with Gasteiger partial charge in [-0.3, -0.25) is 4.79 Å². The molecule has 2 N–H and O–H groups in total. The van der Waals surface area contributed by atoms with Gasteiger partial charge in [-0.1, -0.05) is 31.4 Å². The van der Waals surface area contributed by atoms with E-state index >= 15 is 0 Å². The molecule has 0 radical (unpaired) electrons. The molecule has 0 bridgehead atoms. The standard InChI is InChI=1S/C15H18F3NO2/c16-15(17,18)21-13-9-5-4-7-11(13)14(20)10-6-2-1-3-8-12(10)19/h4-5,7,9-10,12H,1-3,6,8,19H2. The van der Waals surface area contributed by atoms with Crippen LogP contribution in [0.1, 0.15) is 42.5 Å². The summed E-state index contributed by atoms with van der Waals surface area (Å²) in [5.41, 5.74) is 5.97. The van der Waals surface area contributed by atoms with Crippen molar-refractivity contribution in [3.05, 3.63) is 29.8 Å². The van der Waals surface area contributed by atoms with Crippen molar-refractivity contribution in [3.8, 4) is 5.75 Å². The Bertz CT molecular complexity index is 502. The van der Waals surface area contributed by atoms with E-state index in [1.54, 1.807) is 0 Å². The highest BCUT2D eigenvalue weighted by molar-refractivity contribution is 6.00. The molecule has 0 amide bonds. The van der Waals surface area contributed by atoms with Crippen LogP contribution in [0, 0.1) is 5.92 Å². The molecule has 116 valence electrons. The van der Waals surface area contributed by atoms with Crippen LogP contribution < -0.4 is 10.5 Å². The predicted octanol–water partition coefficient (Wildman–Crippen LogP) is 3.68. The SMILES string of the molecule is NC1CCCCCC1C(=O)c1ccccc1OC(F)(F)F. The summed E-state index contributed by atoms with van der Waals surface area (Å²) in [6, 6.07) is 5.15. The minimum Gasteiger partial charge on any atom is -0.405 e. The lowest BCUT2D eigenvalue weighted by Gasteiger charge is -2.21. The fourth-order valence-electron chi connectivity index (χ4n) is 2.75. The summed E-state index contributed by atoms with van der Waals surface area (Å²) < 4.78 is 41.2. The summed E-state index contributed by atoms with van der Waals surface area (Å²) >= 11 is 0. The molecule has 0 heterocycles. The van der Waals surface area contributed by atoms with Crippen LogP contribution >= 0.6 is 0 Å². The molecule has 1 aliphatic rings. The zero-order valence-corrected chi connectivity index (χ0v) is 11.5. The Labute approximate surface area is 121 Å². The van der Waals surface area contributed by atoms with Crippen LogP contribution in [0.15, 0.2) is 24.3 Å². The number of hydrogen-bond donors (Lipinski definition) is 1. The lowest BCUT2D eigenvalue weighted by Crippen LogP contribution is -2.35. The van der Waals surface area contributed by atoms with Crippen LogP contribution in [-0.2, 0) is 0 Å². The van der Waals surface area contributed by atoms with Crippen molar-refractivity contribution in [1.82, 2.24) is 0 Å². The summed E-state index contributed by atoms with van der Waals surface area (Å²) in [5.74, 6) is -1.25. The Hall–Kier alpha value is -1.56. The molecule has 6 heteroatoms. The lowest BCUT2D eigenvalue weighted by atomic mass is 9.87. The van der Waals surface area contributed by atoms with Gasteiger partial charge in [-0.2, -0.15) is 0 Å². The zero-order chi connectivity index (χ0) is 15.5. The topological polar surface area (TPSA) is 52.3 Å². The van der Waals surface area contributed by atoms with Gasteiger partial charge < -0.3 is 10.5 Å². The molecule has 2 rings (SSSR count). The van der Waals surface area contributed by atoms with Gasteiger partial charge in [-0.25, -0.2) is 0 Å². The molecule has 1 fully saturated rings. The molecule has 2 atom stereocenters. The maximum atomic E-state index is 12.5. The number of para-hydroxylation sites is 1. The average molecular weight is 301 g/mol. The van der Waals surface area contributed by atoms with Crippen molar-refractivity contribution in [2.24, 2.45) is 11.7 Å². The minimum atomic E-state index is -4.82. The number of ketones is 1. The fourth-order valence-corrected chi connectivity index (χ4v) is 2.75. The molecular formula is C15H18F3NO2. The number of Topliss-reactive ketones (excluding diaryl/α,β-unsaturated/α-hetero) is 1. The molecule has 1 aliphatic carbocycles. The number of hydrogen-bond acceptors (Lipinski definition) is 3. The quantitative estimate of drug-likeness (QED) is 0.684. The second-order valence-electron chi connectivity index (χ2n) is 5.32. The number of alkyl halides is 3. The molecule has 1 saturated carbocycles. The van der Waals surface area contributed by atoms with Crippen molar-refractivity contribution in [1.29, 1.82) is 0 Å². The minimum absolute atomic E-state index is 0.0443. The molecule has 0 aliphatic heterocycles. The Morgan fingerprint density at radius 3 is 2.52 bits per heavy atom. The average Bonchev–Trinajstić information content (AvgIpc) is 2.61. The smallest absolute Gasteiger partial charge is 0.405 e. The van der Waals surface area contributed by atoms with E-state index in [9.17, 15) is 18.0 Å². The summed E-state index contributed by atoms with van der Waals surface area (Å²) in [4.78, 5) is 12.5. The van der Waals surface area contributed by atoms with Gasteiger partial charge >= 0.3 is 6.36 Å². The first-order valence-electron chi connectivity index (χ1n) is 7.03. The second kappa shape index (κ2) is 6.47. The molecule has 2 unspecified atom stereocenters. The second-order valence-corrected chi connectivity index (χ2v) is 5.32. The highest BCUT2D eigenvalue weighted by atomic mass is 19.4. The third kappa shape index (κ3) is 4.20. The highest BCUT2D eigenvalue weighted by Gasteiger charge is 2.35. The van der Waals surface area contributed by atoms with E-state index in [1.807, 2.05) is 0 Å². The summed E-state index contributed by atoms with van der Waals surface area (Å²) in [6.45, 7) is 0. The van der Waals surface area contributed by atoms with Crippen LogP contribution in [0.5, 0.6) is 5.75 Å². The van der Waals surface area contributed by atoms with Crippen molar-refractivity contribution < 1.29 is 22.7 Å². The molecule has 0 saturated heterocycles. The van der Waals surface area contributed by atoms with Crippen molar-refractivity contribution in [2.75, 3.05) is 0 Å². The Morgan fingerprint density at radius 1 is 1.14 bits per heavy atom. The highest BCUT2D eigenvalue weighted by Crippen LogP contribution is 2.31. The summed E-state index contributed by atoms with van der Waals surface area (Å²) in [5, 5.41) is 0. The summed E-state index contributed by atoms with van der Waals surface area (Å²) in [6.07, 6.45) is -0.669. The van der Waals surface area contributed by atoms with Gasteiger partial charge in [0.05, 0.1) is 5.56 Å². The molecule has 21 heavy (non-hydrogen) atoms. The van der Waals surface area contributed by atoms with Gasteiger partial charge in [-0.05, 0) is 25.0 Å². The molecule has 3 nitrogen and oxygen atoms in total. The van der Waals surface area contributed by atoms with E-state index in [0.717, 1.165) is 31.7 Å². The van der Waals surface area contributed by atoms with Crippen LogP contribution in [0.2, 0.25) is 0 Å². The first-order valence-corrected chi connectivity index (χ1v) is 7.03. The van der Waals surface area contributed by atoms with E-state index in [4.69, 9.17) is 5.73 Å². The molecular weight excluding hydrogens is 283 g/mol. The molecule has 0 aromatic heterocycles. The largest absolute Gasteiger partial charge is 0.573 e. The molecule has 1 aromatic carbocycles. The number of carbonyl (C=O) groups excluding carboxylic acids is 1. The lowest BCUT2D eigenvalue weighted by molar-refractivity contribution is -0.274. The van der Waals surface area contributed by atoms with E-state index in [1.165, 1.54) is 18.2 Å². The van der Waals surface area contributed by atoms with E-state index in [2.05, 4.69) is 4.74 Å². The Balaban J connectivity index is 2.26. The molecule has 1 aromatic rings. The van der Waals surface area contributed by atoms with Gasteiger partial charge in [0.2, 0.25) is 0 Å². The Kier molecular flexibility index (Phi) is 4.88. The van der Waals surface area contributed by atoms with E-state index in [-0.39, 0.29) is 17.4 Å². The van der Waals surface area contributed by atoms with Crippen LogP contribution in [0.4, 0.5) is 13.2 Å². The van der Waals surface area contributed by atoms with Crippen molar-refractivity contribution in [2.45, 2.75) is 44.5 Å². The van der Waals surface area contributed by atoms with Crippen LogP contribution in [0.3, 0.4) is 0 Å². The van der Waals surface area contributed by atoms with E-state index < -0.39 is 18.0 Å². The van der Waals surface area contributed by atoms with Gasteiger partial charge in [-0.15, -0.1) is 13.2 Å². The monoisotopic (exact) mass is 301 g/mol. The number of ether oxygens (including phenoxy) is 1. The zero-order valence-electron chi connectivity index (χ0n) is 11.5. The first kappa shape index (κ1) is 15.8. The number of nitrogens with two attached hydrogens (primary N) is 1. The van der Waals surface area contributed by atoms with Crippen LogP contribution in [-0.4, -0.2) is 18.2 Å². The van der Waals surface area contributed by atoms with Gasteiger partial charge in [0.1, 0.15) is 5.75 Å². The fraction of sp³-hybridized carbons (Fsp3) is 0.533. The number of rotatable bonds is 3. The normalized spacial score (nSPS) is 23.4. The Morgan fingerprint density at radius 2 is 1.81 bits per heavy atom. The van der Waals surface area contributed by atoms with Crippen molar-refractivity contribution in [3.63, 3.8) is 0 Å². The van der Waals surface area contributed by atoms with E-state index in [0.29, 0.717) is 6.42 Å². The number of benzene rings is 1. The van der Waals surface area contributed by atoms with Crippen LogP contribution in [0.25, 0.3) is 0 Å². The van der Waals surface area contributed by atoms with Gasteiger partial charge in [0.25, 0.3) is 0 Å². The van der Waals surface area contributed by atoms with Gasteiger partial charge in [0, 0.05) is 12.0 Å². The summed E-state index contributed by atoms with van der Waals surface area (Å²) in [7, 11) is 0. The third-order valence-corrected chi connectivity index (χ3v) is 3.78. The predicted molar refractivity (Wildman–Crippen MR) is 72.0 cm³/mol. The third-order valence-electron chi connectivity index (χ3n) is 3.78. The first-order chi connectivity index (χ1) is 9.88. The number of halogens is 3.